The van der Waals surface area contributed by atoms with Gasteiger partial charge < -0.3 is 10.1 Å². The van der Waals surface area contributed by atoms with Crippen molar-refractivity contribution in [3.05, 3.63) is 34.9 Å². The minimum Gasteiger partial charge on any atom is -0.372 e. The first-order valence-corrected chi connectivity index (χ1v) is 5.91. The molecule has 0 unspecified atom stereocenters. The summed E-state index contributed by atoms with van der Waals surface area (Å²) in [5.74, 6) is 0. The molecular formula is C12H17ClNO+. The minimum atomic E-state index is 0.451. The van der Waals surface area contributed by atoms with Crippen LogP contribution in [0.25, 0.3) is 0 Å². The van der Waals surface area contributed by atoms with E-state index in [1.807, 2.05) is 18.2 Å². The molecule has 1 atom stereocenters. The molecule has 1 fully saturated rings. The Morgan fingerprint density at radius 3 is 3.00 bits per heavy atom. The number of rotatable bonds is 4. The molecule has 1 aliphatic rings. The van der Waals surface area contributed by atoms with Gasteiger partial charge in [-0.05, 0) is 18.9 Å². The van der Waals surface area contributed by atoms with E-state index in [2.05, 4.69) is 11.4 Å². The molecule has 0 bridgehead atoms. The van der Waals surface area contributed by atoms with Gasteiger partial charge >= 0.3 is 0 Å². The van der Waals surface area contributed by atoms with E-state index in [0.29, 0.717) is 6.10 Å². The van der Waals surface area contributed by atoms with Crippen molar-refractivity contribution in [2.24, 2.45) is 0 Å². The van der Waals surface area contributed by atoms with Crippen molar-refractivity contribution < 1.29 is 10.1 Å². The molecular weight excluding hydrogens is 210 g/mol. The van der Waals surface area contributed by atoms with E-state index in [0.717, 1.165) is 24.7 Å². The van der Waals surface area contributed by atoms with Crippen LogP contribution in [-0.2, 0) is 11.3 Å². The zero-order valence-corrected chi connectivity index (χ0v) is 9.54. The van der Waals surface area contributed by atoms with Gasteiger partial charge in [-0.1, -0.05) is 29.8 Å². The van der Waals surface area contributed by atoms with Crippen LogP contribution in [0.3, 0.4) is 0 Å². The van der Waals surface area contributed by atoms with Crippen LogP contribution in [0.5, 0.6) is 0 Å². The van der Waals surface area contributed by atoms with E-state index < -0.39 is 0 Å². The summed E-state index contributed by atoms with van der Waals surface area (Å²) < 4.78 is 5.56. The molecule has 1 heterocycles. The number of hydrogen-bond donors (Lipinski definition) is 1. The Bertz CT molecular complexity index is 310. The number of benzene rings is 1. The number of hydrogen-bond acceptors (Lipinski definition) is 1. The third kappa shape index (κ3) is 3.20. The average molecular weight is 227 g/mol. The van der Waals surface area contributed by atoms with E-state index in [4.69, 9.17) is 16.3 Å². The molecule has 2 N–H and O–H groups in total. The summed E-state index contributed by atoms with van der Waals surface area (Å²) in [4.78, 5) is 0. The maximum absolute atomic E-state index is 6.07. The summed E-state index contributed by atoms with van der Waals surface area (Å²) >= 11 is 6.07. The summed E-state index contributed by atoms with van der Waals surface area (Å²) in [6.45, 7) is 2.93. The predicted molar refractivity (Wildman–Crippen MR) is 60.9 cm³/mol. The van der Waals surface area contributed by atoms with Gasteiger partial charge in [0.15, 0.2) is 0 Å². The zero-order valence-electron chi connectivity index (χ0n) is 8.79. The monoisotopic (exact) mass is 226 g/mol. The van der Waals surface area contributed by atoms with Crippen molar-refractivity contribution >= 4 is 11.6 Å². The molecule has 1 aromatic rings. The highest BCUT2D eigenvalue weighted by molar-refractivity contribution is 6.31. The third-order valence-corrected chi connectivity index (χ3v) is 3.14. The summed E-state index contributed by atoms with van der Waals surface area (Å²) in [7, 11) is 0. The van der Waals surface area contributed by atoms with E-state index in [1.165, 1.54) is 18.4 Å². The van der Waals surface area contributed by atoms with Gasteiger partial charge in [0, 0.05) is 17.2 Å². The second-order valence-electron chi connectivity index (χ2n) is 3.95. The molecule has 0 radical (unpaired) electrons. The van der Waals surface area contributed by atoms with Crippen LogP contribution in [0.2, 0.25) is 5.02 Å². The molecule has 2 nitrogen and oxygen atoms in total. The van der Waals surface area contributed by atoms with Crippen LogP contribution in [-0.4, -0.2) is 19.3 Å². The Morgan fingerprint density at radius 1 is 1.40 bits per heavy atom. The predicted octanol–water partition coefficient (Wildman–Crippen LogP) is 1.58. The fourth-order valence-corrected chi connectivity index (χ4v) is 2.13. The third-order valence-electron chi connectivity index (χ3n) is 2.78. The lowest BCUT2D eigenvalue weighted by Gasteiger charge is -2.08. The number of ether oxygens (including phenoxy) is 1. The fraction of sp³-hybridized carbons (Fsp3) is 0.500. The van der Waals surface area contributed by atoms with Crippen LogP contribution in [0.1, 0.15) is 18.4 Å². The van der Waals surface area contributed by atoms with Crippen LogP contribution in [0, 0.1) is 0 Å². The average Bonchev–Trinajstić information content (AvgIpc) is 2.74. The molecule has 15 heavy (non-hydrogen) atoms. The van der Waals surface area contributed by atoms with Gasteiger partial charge in [0.05, 0.1) is 0 Å². The summed E-state index contributed by atoms with van der Waals surface area (Å²) in [6, 6.07) is 8.01. The Morgan fingerprint density at radius 2 is 2.27 bits per heavy atom. The van der Waals surface area contributed by atoms with Crippen molar-refractivity contribution in [1.29, 1.82) is 0 Å². The Labute approximate surface area is 95.6 Å². The fourth-order valence-electron chi connectivity index (χ4n) is 1.92. The van der Waals surface area contributed by atoms with Crippen molar-refractivity contribution in [3.8, 4) is 0 Å². The molecule has 3 heteroatoms. The number of nitrogens with two attached hydrogens (primary N) is 1. The lowest BCUT2D eigenvalue weighted by molar-refractivity contribution is -0.676. The van der Waals surface area contributed by atoms with Crippen molar-refractivity contribution in [2.75, 3.05) is 13.2 Å². The summed E-state index contributed by atoms with van der Waals surface area (Å²) in [5, 5.41) is 3.14. The second kappa shape index (κ2) is 5.50. The Balaban J connectivity index is 1.75. The summed E-state index contributed by atoms with van der Waals surface area (Å²) in [5.41, 5.74) is 1.21. The first kappa shape index (κ1) is 10.9. The first-order valence-electron chi connectivity index (χ1n) is 5.53. The van der Waals surface area contributed by atoms with Crippen LogP contribution < -0.4 is 5.32 Å². The molecule has 0 spiro atoms. The van der Waals surface area contributed by atoms with E-state index in [9.17, 15) is 0 Å². The van der Waals surface area contributed by atoms with Crippen LogP contribution in [0.15, 0.2) is 24.3 Å². The summed E-state index contributed by atoms with van der Waals surface area (Å²) in [6.07, 6.45) is 2.87. The van der Waals surface area contributed by atoms with Gasteiger partial charge in [0.2, 0.25) is 0 Å². The highest BCUT2D eigenvalue weighted by atomic mass is 35.5. The number of halogens is 1. The maximum Gasteiger partial charge on any atom is 0.106 e. The van der Waals surface area contributed by atoms with Crippen molar-refractivity contribution in [1.82, 2.24) is 0 Å². The molecule has 0 saturated carbocycles. The minimum absolute atomic E-state index is 0.451. The Kier molecular flexibility index (Phi) is 4.01. The highest BCUT2D eigenvalue weighted by Gasteiger charge is 2.16. The molecule has 1 aliphatic heterocycles. The van der Waals surface area contributed by atoms with Gasteiger partial charge in [-0.15, -0.1) is 0 Å². The molecule has 82 valence electrons. The van der Waals surface area contributed by atoms with Crippen LogP contribution >= 0.6 is 11.6 Å². The SMILES string of the molecule is Clc1ccccc1C[NH2+]C[C@H]1CCCO1. The van der Waals surface area contributed by atoms with Crippen molar-refractivity contribution in [2.45, 2.75) is 25.5 Å². The molecule has 0 aliphatic carbocycles. The highest BCUT2D eigenvalue weighted by Crippen LogP contribution is 2.13. The standard InChI is InChI=1S/C12H16ClNO/c13-12-6-2-1-4-10(12)8-14-9-11-5-3-7-15-11/h1-2,4,6,11,14H,3,5,7-9H2/p+1/t11-/m1/s1. The lowest BCUT2D eigenvalue weighted by atomic mass is 10.2. The zero-order chi connectivity index (χ0) is 10.5. The normalized spacial score (nSPS) is 20.7. The smallest absolute Gasteiger partial charge is 0.106 e. The van der Waals surface area contributed by atoms with Crippen LogP contribution in [0.4, 0.5) is 0 Å². The first-order chi connectivity index (χ1) is 7.36. The molecule has 1 aromatic carbocycles. The molecule has 0 aromatic heterocycles. The van der Waals surface area contributed by atoms with Gasteiger partial charge in [-0.3, -0.25) is 0 Å². The molecule has 0 amide bonds. The largest absolute Gasteiger partial charge is 0.372 e. The van der Waals surface area contributed by atoms with E-state index >= 15 is 0 Å². The number of quaternary nitrogens is 1. The van der Waals surface area contributed by atoms with E-state index in [-0.39, 0.29) is 0 Å². The quantitative estimate of drug-likeness (QED) is 0.829. The van der Waals surface area contributed by atoms with Crippen molar-refractivity contribution in [3.63, 3.8) is 0 Å². The van der Waals surface area contributed by atoms with E-state index in [1.54, 1.807) is 0 Å². The molecule has 2 rings (SSSR count). The topological polar surface area (TPSA) is 25.8 Å². The lowest BCUT2D eigenvalue weighted by Crippen LogP contribution is -2.84. The molecule has 1 saturated heterocycles. The maximum atomic E-state index is 6.07. The van der Waals surface area contributed by atoms with Gasteiger partial charge in [0.1, 0.15) is 19.2 Å². The van der Waals surface area contributed by atoms with Gasteiger partial charge in [-0.2, -0.15) is 0 Å². The second-order valence-corrected chi connectivity index (χ2v) is 4.36. The van der Waals surface area contributed by atoms with Gasteiger partial charge in [0.25, 0.3) is 0 Å². The Hall–Kier alpha value is -0.570. The van der Waals surface area contributed by atoms with Gasteiger partial charge in [-0.25, -0.2) is 0 Å².